The number of rotatable bonds is 5. The maximum atomic E-state index is 11.9. The molecule has 0 aliphatic heterocycles. The highest BCUT2D eigenvalue weighted by atomic mass is 16.5. The molecule has 118 valence electrons. The van der Waals surface area contributed by atoms with Crippen molar-refractivity contribution < 1.29 is 19.1 Å². The predicted molar refractivity (Wildman–Crippen MR) is 85.2 cm³/mol. The number of esters is 1. The molecule has 0 saturated carbocycles. The minimum atomic E-state index is -0.547. The first-order valence-electron chi connectivity index (χ1n) is 6.92. The third-order valence-electron chi connectivity index (χ3n) is 3.05. The zero-order valence-corrected chi connectivity index (χ0v) is 12.5. The van der Waals surface area contributed by atoms with Gasteiger partial charge in [0, 0.05) is 5.56 Å². The molecule has 2 rings (SSSR count). The molecule has 2 N–H and O–H groups in total. The summed E-state index contributed by atoms with van der Waals surface area (Å²) in [6.07, 6.45) is 0. The second-order valence-electron chi connectivity index (χ2n) is 4.63. The number of anilines is 1. The van der Waals surface area contributed by atoms with E-state index in [1.807, 2.05) is 0 Å². The van der Waals surface area contributed by atoms with Crippen LogP contribution in [0, 0.1) is 0 Å². The molecule has 0 aliphatic rings. The van der Waals surface area contributed by atoms with Gasteiger partial charge < -0.3 is 15.4 Å². The number of hydrogen-bond donors (Lipinski definition) is 2. The average molecular weight is 312 g/mol. The molecule has 2 amide bonds. The van der Waals surface area contributed by atoms with Crippen molar-refractivity contribution in [3.63, 3.8) is 0 Å². The zero-order chi connectivity index (χ0) is 16.7. The fourth-order valence-corrected chi connectivity index (χ4v) is 1.93. The Hall–Kier alpha value is -3.15. The lowest BCUT2D eigenvalue weighted by atomic mass is 10.2. The van der Waals surface area contributed by atoms with Crippen LogP contribution in [0.3, 0.4) is 0 Å². The monoisotopic (exact) mass is 312 g/mol. The summed E-state index contributed by atoms with van der Waals surface area (Å²) in [5, 5.41) is 5.09. The van der Waals surface area contributed by atoms with E-state index < -0.39 is 11.9 Å². The minimum absolute atomic E-state index is 0.205. The number of benzene rings is 2. The molecule has 0 fully saturated rings. The number of para-hydroxylation sites is 1. The van der Waals surface area contributed by atoms with E-state index in [-0.39, 0.29) is 18.0 Å². The lowest BCUT2D eigenvalue weighted by Gasteiger charge is -2.10. The molecule has 0 bridgehead atoms. The van der Waals surface area contributed by atoms with Crippen molar-refractivity contribution >= 4 is 23.5 Å². The topological polar surface area (TPSA) is 84.5 Å². The molecule has 0 saturated heterocycles. The van der Waals surface area contributed by atoms with Crippen molar-refractivity contribution in [2.24, 2.45) is 0 Å². The molecule has 2 aromatic carbocycles. The Kier molecular flexibility index (Phi) is 5.46. The highest BCUT2D eigenvalue weighted by Gasteiger charge is 2.14. The number of carbonyl (C=O) groups is 3. The molecular formula is C17H16N2O4. The van der Waals surface area contributed by atoms with Gasteiger partial charge in [-0.05, 0) is 24.3 Å². The Balaban J connectivity index is 1.96. The van der Waals surface area contributed by atoms with Gasteiger partial charge in [-0.3, -0.25) is 9.59 Å². The molecule has 0 heterocycles. The van der Waals surface area contributed by atoms with Crippen LogP contribution in [0.15, 0.2) is 54.6 Å². The largest absolute Gasteiger partial charge is 0.465 e. The standard InChI is InChI=1S/C17H16N2O4/c1-23-17(22)13-9-5-6-10-14(13)19-15(20)11-18-16(21)12-7-3-2-4-8-12/h2-10H,11H2,1H3,(H,18,21)(H,19,20). The number of carbonyl (C=O) groups excluding carboxylic acids is 3. The Morgan fingerprint density at radius 3 is 2.30 bits per heavy atom. The van der Waals surface area contributed by atoms with E-state index in [9.17, 15) is 14.4 Å². The number of methoxy groups -OCH3 is 1. The normalized spacial score (nSPS) is 9.78. The van der Waals surface area contributed by atoms with E-state index in [1.165, 1.54) is 7.11 Å². The molecule has 0 atom stereocenters. The summed E-state index contributed by atoms with van der Waals surface area (Å²) in [5.41, 5.74) is 1.05. The fraction of sp³-hybridized carbons (Fsp3) is 0.118. The summed E-state index contributed by atoms with van der Waals surface area (Å²) in [5.74, 6) is -1.33. The van der Waals surface area contributed by atoms with Gasteiger partial charge in [0.2, 0.25) is 5.91 Å². The summed E-state index contributed by atoms with van der Waals surface area (Å²) in [6, 6.07) is 15.1. The van der Waals surface area contributed by atoms with E-state index in [0.29, 0.717) is 11.3 Å². The van der Waals surface area contributed by atoms with Crippen molar-refractivity contribution in [3.8, 4) is 0 Å². The van der Waals surface area contributed by atoms with Crippen LogP contribution in [0.5, 0.6) is 0 Å². The maximum absolute atomic E-state index is 11.9. The van der Waals surface area contributed by atoms with Crippen LogP contribution in [-0.2, 0) is 9.53 Å². The quantitative estimate of drug-likeness (QED) is 0.825. The van der Waals surface area contributed by atoms with Gasteiger partial charge in [0.1, 0.15) is 0 Å². The first-order chi connectivity index (χ1) is 11.1. The molecule has 0 aromatic heterocycles. The second-order valence-corrected chi connectivity index (χ2v) is 4.63. The van der Waals surface area contributed by atoms with Crippen LogP contribution < -0.4 is 10.6 Å². The van der Waals surface area contributed by atoms with Crippen molar-refractivity contribution in [1.82, 2.24) is 5.32 Å². The van der Waals surface area contributed by atoms with Gasteiger partial charge in [-0.2, -0.15) is 0 Å². The van der Waals surface area contributed by atoms with Gasteiger partial charge in [0.25, 0.3) is 5.91 Å². The van der Waals surface area contributed by atoms with Gasteiger partial charge in [0.15, 0.2) is 0 Å². The van der Waals surface area contributed by atoms with Crippen LogP contribution in [0.4, 0.5) is 5.69 Å². The van der Waals surface area contributed by atoms with Gasteiger partial charge in [0.05, 0.1) is 24.9 Å². The lowest BCUT2D eigenvalue weighted by molar-refractivity contribution is -0.115. The number of hydrogen-bond acceptors (Lipinski definition) is 4. The SMILES string of the molecule is COC(=O)c1ccccc1NC(=O)CNC(=O)c1ccccc1. The highest BCUT2D eigenvalue weighted by Crippen LogP contribution is 2.15. The van der Waals surface area contributed by atoms with Gasteiger partial charge in [-0.25, -0.2) is 4.79 Å². The fourth-order valence-electron chi connectivity index (χ4n) is 1.93. The third-order valence-corrected chi connectivity index (χ3v) is 3.05. The Bertz CT molecular complexity index is 714. The molecule has 6 nitrogen and oxygen atoms in total. The van der Waals surface area contributed by atoms with E-state index in [0.717, 1.165) is 0 Å². The molecule has 0 spiro atoms. The van der Waals surface area contributed by atoms with Crippen LogP contribution in [0.25, 0.3) is 0 Å². The van der Waals surface area contributed by atoms with Crippen molar-refractivity contribution in [2.45, 2.75) is 0 Å². The summed E-state index contributed by atoms with van der Waals surface area (Å²) >= 11 is 0. The smallest absolute Gasteiger partial charge is 0.339 e. The molecular weight excluding hydrogens is 296 g/mol. The highest BCUT2D eigenvalue weighted by molar-refractivity contribution is 6.03. The molecule has 6 heteroatoms. The van der Waals surface area contributed by atoms with Crippen molar-refractivity contribution in [1.29, 1.82) is 0 Å². The number of amides is 2. The summed E-state index contributed by atoms with van der Waals surface area (Å²) < 4.78 is 4.65. The summed E-state index contributed by atoms with van der Waals surface area (Å²) in [7, 11) is 1.26. The molecule has 2 aromatic rings. The van der Waals surface area contributed by atoms with E-state index >= 15 is 0 Å². The Morgan fingerprint density at radius 1 is 0.957 bits per heavy atom. The van der Waals surface area contributed by atoms with Crippen LogP contribution in [-0.4, -0.2) is 31.4 Å². The minimum Gasteiger partial charge on any atom is -0.465 e. The second kappa shape index (κ2) is 7.74. The molecule has 0 aliphatic carbocycles. The number of nitrogens with one attached hydrogen (secondary N) is 2. The van der Waals surface area contributed by atoms with Crippen LogP contribution >= 0.6 is 0 Å². The number of ether oxygens (including phenoxy) is 1. The van der Waals surface area contributed by atoms with Crippen LogP contribution in [0.2, 0.25) is 0 Å². The maximum Gasteiger partial charge on any atom is 0.339 e. The molecule has 23 heavy (non-hydrogen) atoms. The van der Waals surface area contributed by atoms with Crippen molar-refractivity contribution in [2.75, 3.05) is 19.0 Å². The van der Waals surface area contributed by atoms with Gasteiger partial charge in [-0.1, -0.05) is 30.3 Å². The zero-order valence-electron chi connectivity index (χ0n) is 12.5. The first-order valence-corrected chi connectivity index (χ1v) is 6.92. The Labute approximate surface area is 133 Å². The van der Waals surface area contributed by atoms with Gasteiger partial charge >= 0.3 is 5.97 Å². The van der Waals surface area contributed by atoms with E-state index in [4.69, 9.17) is 0 Å². The van der Waals surface area contributed by atoms with Crippen molar-refractivity contribution in [3.05, 3.63) is 65.7 Å². The van der Waals surface area contributed by atoms with Crippen LogP contribution in [0.1, 0.15) is 20.7 Å². The first kappa shape index (κ1) is 16.2. The van der Waals surface area contributed by atoms with E-state index in [1.54, 1.807) is 54.6 Å². The predicted octanol–water partition coefficient (Wildman–Crippen LogP) is 1.84. The molecule has 0 radical (unpaired) electrons. The lowest BCUT2D eigenvalue weighted by Crippen LogP contribution is -2.33. The summed E-state index contributed by atoms with van der Waals surface area (Å²) in [4.78, 5) is 35.4. The third kappa shape index (κ3) is 4.41. The average Bonchev–Trinajstić information content (AvgIpc) is 2.60. The van der Waals surface area contributed by atoms with Gasteiger partial charge in [-0.15, -0.1) is 0 Å². The summed E-state index contributed by atoms with van der Waals surface area (Å²) in [6.45, 7) is -0.205. The molecule has 0 unspecified atom stereocenters. The Morgan fingerprint density at radius 2 is 1.61 bits per heavy atom. The van der Waals surface area contributed by atoms with E-state index in [2.05, 4.69) is 15.4 Å².